The number of piperidine rings is 3. The van der Waals surface area contributed by atoms with Crippen molar-refractivity contribution < 1.29 is 66.6 Å². The van der Waals surface area contributed by atoms with Crippen LogP contribution in [0.2, 0.25) is 0 Å². The van der Waals surface area contributed by atoms with Crippen molar-refractivity contribution in [3.05, 3.63) is 17.5 Å². The van der Waals surface area contributed by atoms with Crippen molar-refractivity contribution in [3.63, 3.8) is 0 Å². The van der Waals surface area contributed by atoms with Crippen molar-refractivity contribution in [2.45, 2.75) is 444 Å². The van der Waals surface area contributed by atoms with Crippen molar-refractivity contribution in [2.24, 2.45) is 129 Å². The highest BCUT2D eigenvalue weighted by Crippen LogP contribution is 2.51. The van der Waals surface area contributed by atoms with Gasteiger partial charge in [0.05, 0.1) is 99.0 Å². The molecule has 7 aliphatic carbocycles. The Labute approximate surface area is 841 Å². The average molecular weight is 1950 g/mol. The smallest absolute Gasteiger partial charge is 0.389 e. The number of hydrogen-bond donors (Lipinski definition) is 4. The van der Waals surface area contributed by atoms with Crippen LogP contribution in [0.3, 0.4) is 0 Å². The van der Waals surface area contributed by atoms with Crippen molar-refractivity contribution >= 4 is 17.5 Å². The third-order valence-electron chi connectivity index (χ3n) is 34.0. The maximum atomic E-state index is 12.2. The molecule has 14 aliphatic rings. The van der Waals surface area contributed by atoms with Crippen LogP contribution in [0.15, 0.2) is 6.20 Å². The van der Waals surface area contributed by atoms with E-state index in [0.717, 1.165) is 247 Å². The molecule has 5 unspecified atom stereocenters. The van der Waals surface area contributed by atoms with Gasteiger partial charge in [-0.15, -0.1) is 0 Å². The molecule has 800 valence electrons. The number of likely N-dealkylation sites (tertiary alicyclic amines) is 3. The first-order valence-electron chi connectivity index (χ1n) is 56.3. The Morgan fingerprint density at radius 1 is 0.580 bits per heavy atom. The van der Waals surface area contributed by atoms with E-state index in [0.29, 0.717) is 90.1 Å². The van der Waals surface area contributed by atoms with Crippen LogP contribution in [-0.2, 0) is 57.5 Å². The number of ether oxygens (including phenoxy) is 5. The predicted octanol–water partition coefficient (Wildman–Crippen LogP) is 25.0. The number of hydrogen-bond acceptors (Lipinski definition) is 17. The van der Waals surface area contributed by atoms with E-state index in [4.69, 9.17) is 34.2 Å². The molecule has 22 heteroatoms. The molecule has 0 radical (unpaired) electrons. The number of β-amino-alcohol motifs (C(OH)–C–C–N with tert-alkyl or cyclic N) is 1. The largest absolute Gasteiger partial charge is 0.392 e. The Morgan fingerprint density at radius 2 is 1.12 bits per heavy atom. The van der Waals surface area contributed by atoms with Crippen LogP contribution in [0.25, 0.3) is 0 Å². The summed E-state index contributed by atoms with van der Waals surface area (Å²) in [6, 6.07) is 4.46. The standard InChI is InChI=1S/C14H23F3O.C13H19N3.C13H24O2.C12H21NO2.C12H25NO.2C12H22O.C11H18N2O.C9H18O.C8H17NO/c1-13(2,3)11-5-4-10(8-11)9-12(18)6-7-14(15,16)17;1-10(2)11-4-5-13-12(8-11)9-16(15-13)7-3-6-14;1-10(2)12-6-4-11(5-7-12)8-13(14)9-15-3;1-10-3-2-6-13(9-10)12(14)11-4-7-15-8-5-11;1-10(14)9-13-7-5-11(6-8-13)12(2,3)4;2*1-9(2)10-5-7-12(13,8-6-10)11-3-4-11;1-10-2-6-13(7-3-10)11(4-5-12)8-14-9-11;1-9(2,3)7-8-5-4-6-10-8;1-7(2)8-5-9-3-4-10-6-8/h10-11H,4-9H2,1-3H3;9-11H,3-5,7-8H2,1-2H3;10-12H,4-9H2,1-3H3;10-11H,2-9H2,1H3;10-11,14H,5-9H2,1-4H3;2*9-11,13H,3-8H2,1-2H3;10H,2-4,6-9H2,1H3;8H,4-7H2,1-3H3;7-9H,3-6H2,1-2H3/t;;;10-;;;;;8-;/m...1....0./s1. The molecule has 13 fully saturated rings. The minimum absolute atomic E-state index is 0.0783. The first-order valence-corrected chi connectivity index (χ1v) is 56.3. The highest BCUT2D eigenvalue weighted by atomic mass is 19.4. The molecule has 7 atom stereocenters. The van der Waals surface area contributed by atoms with E-state index in [2.05, 4.69) is 189 Å². The van der Waals surface area contributed by atoms with Gasteiger partial charge in [-0.2, -0.15) is 28.8 Å². The summed E-state index contributed by atoms with van der Waals surface area (Å²) >= 11 is 0. The number of Topliss-reactive ketones (excluding diaryl/α,β-unsaturated/α-hetero) is 2. The fraction of sp³-hybridized carbons (Fsp3) is 0.931. The first kappa shape index (κ1) is 123. The van der Waals surface area contributed by atoms with E-state index >= 15 is 0 Å². The van der Waals surface area contributed by atoms with E-state index < -0.39 is 12.6 Å². The Balaban J connectivity index is 0.000000236. The fourth-order valence-electron chi connectivity index (χ4n) is 23.4. The summed E-state index contributed by atoms with van der Waals surface area (Å²) in [6.07, 6.45) is 38.5. The molecule has 0 bridgehead atoms. The lowest BCUT2D eigenvalue weighted by molar-refractivity contribution is -0.145. The molecule has 7 aliphatic heterocycles. The highest BCUT2D eigenvalue weighted by Gasteiger charge is 2.49. The minimum Gasteiger partial charge on any atom is -0.392 e. The zero-order chi connectivity index (χ0) is 102. The average Bonchev–Trinajstić information content (AvgIpc) is 1.50. The van der Waals surface area contributed by atoms with Gasteiger partial charge in [0.25, 0.3) is 0 Å². The summed E-state index contributed by atoms with van der Waals surface area (Å²) in [5, 5.41) is 55.2. The number of aliphatic hydroxyl groups excluding tert-OH is 1. The maximum absolute atomic E-state index is 12.2. The van der Waals surface area contributed by atoms with Crippen LogP contribution in [0.1, 0.15) is 401 Å². The number of aliphatic hydroxyl groups is 3. The van der Waals surface area contributed by atoms with Crippen LogP contribution in [-0.4, -0.2) is 211 Å². The predicted molar refractivity (Wildman–Crippen MR) is 556 cm³/mol. The van der Waals surface area contributed by atoms with Gasteiger partial charge in [-0.3, -0.25) is 24.0 Å². The molecule has 4 N–H and O–H groups in total. The molecular weight excluding hydrogens is 1740 g/mol. The number of alkyl halides is 3. The lowest BCUT2D eigenvalue weighted by Gasteiger charge is -2.50. The zero-order valence-corrected chi connectivity index (χ0v) is 92.4. The molecule has 1 amide bonds. The van der Waals surface area contributed by atoms with Crippen LogP contribution in [0.5, 0.6) is 0 Å². The molecule has 138 heavy (non-hydrogen) atoms. The third-order valence-corrected chi connectivity index (χ3v) is 34.0. The second kappa shape index (κ2) is 61.2. The number of carbonyl (C=O) groups excluding carboxylic acids is 3. The van der Waals surface area contributed by atoms with Gasteiger partial charge in [0.2, 0.25) is 5.91 Å². The normalized spacial score (nSPS) is 28.7. The van der Waals surface area contributed by atoms with Crippen molar-refractivity contribution in [2.75, 3.05) is 119 Å². The Kier molecular flexibility index (Phi) is 54.6. The highest BCUT2D eigenvalue weighted by molar-refractivity contribution is 5.80. The van der Waals surface area contributed by atoms with Gasteiger partial charge in [0.15, 0.2) is 5.78 Å². The number of nitrogens with one attached hydrogen (secondary N) is 1. The molecule has 0 aromatic carbocycles. The summed E-state index contributed by atoms with van der Waals surface area (Å²) < 4.78 is 64.3. The van der Waals surface area contributed by atoms with Crippen LogP contribution in [0.4, 0.5) is 13.2 Å². The summed E-state index contributed by atoms with van der Waals surface area (Å²) in [5.41, 5.74) is 3.39. The van der Waals surface area contributed by atoms with Gasteiger partial charge < -0.3 is 54.1 Å². The molecule has 0 spiro atoms. The van der Waals surface area contributed by atoms with Gasteiger partial charge in [-0.1, -0.05) is 145 Å². The number of aryl methyl sites for hydroxylation is 2. The number of nitriles is 2. The molecule has 8 heterocycles. The number of aromatic nitrogens is 2. The Hall–Kier alpha value is -3.65. The number of nitrogens with zero attached hydrogens (tertiary/aromatic N) is 7. The lowest BCUT2D eigenvalue weighted by atomic mass is 9.73. The Bertz CT molecular complexity index is 3490. The minimum atomic E-state index is -4.21. The third kappa shape index (κ3) is 47.0. The number of ketones is 2. The summed E-state index contributed by atoms with van der Waals surface area (Å²) in [6.45, 7) is 66.2. The van der Waals surface area contributed by atoms with Gasteiger partial charge in [0.1, 0.15) is 12.4 Å². The molecule has 1 aromatic heterocycles. The molecule has 6 saturated carbocycles. The topological polar surface area (TPSA) is 245 Å². The molecule has 15 rings (SSSR count). The van der Waals surface area contributed by atoms with Gasteiger partial charge in [-0.05, 0) is 373 Å². The van der Waals surface area contributed by atoms with Crippen LogP contribution < -0.4 is 5.32 Å². The zero-order valence-electron chi connectivity index (χ0n) is 92.4. The van der Waals surface area contributed by atoms with Crippen molar-refractivity contribution in [3.8, 4) is 12.1 Å². The number of amides is 1. The second-order valence-electron chi connectivity index (χ2n) is 50.9. The van der Waals surface area contributed by atoms with E-state index in [1.54, 1.807) is 7.11 Å². The number of halogens is 3. The van der Waals surface area contributed by atoms with Gasteiger partial charge in [0, 0.05) is 91.0 Å². The second-order valence-corrected chi connectivity index (χ2v) is 50.9. The molecular formula is C116H209F3N8O11. The van der Waals surface area contributed by atoms with Crippen molar-refractivity contribution in [1.29, 1.82) is 10.5 Å². The van der Waals surface area contributed by atoms with Gasteiger partial charge in [-0.25, -0.2) is 0 Å². The van der Waals surface area contributed by atoms with E-state index in [1.807, 2.05) is 11.6 Å². The SMILES string of the molecule is CC(C)(C)C1CCC(CC(=O)CCC(F)(F)F)C1.CC(C)(C)C[C@@H]1CCCO1.CC(C)C1CCC(O)(C2CC2)CC1.CC(C)C1CCC(O)(C2CC2)CC1.CC(C)C1CCc2nn(CCC#N)cc2C1.CC(C)C1CNCCOC1.CC(O)CN1CCC(C(C)(C)C)CC1.CC1CCN(C2(CC#N)COC2)CC1.COCC(=O)CC1CCC(C(C)C)CC1.C[C@@H]1CCCN(C(=O)C2CCOCC2)C1. The summed E-state index contributed by atoms with van der Waals surface area (Å²) in [4.78, 5) is 42.0. The monoisotopic (exact) mass is 1950 g/mol. The maximum Gasteiger partial charge on any atom is 0.389 e. The van der Waals surface area contributed by atoms with E-state index in [9.17, 15) is 42.9 Å². The van der Waals surface area contributed by atoms with Crippen molar-refractivity contribution in [1.82, 2.24) is 29.8 Å². The van der Waals surface area contributed by atoms with Crippen LogP contribution in [0, 0.1) is 151 Å². The summed E-state index contributed by atoms with van der Waals surface area (Å²) in [5.74, 6) is 14.0. The summed E-state index contributed by atoms with van der Waals surface area (Å²) in [7, 11) is 1.59. The first-order chi connectivity index (χ1) is 65.0. The van der Waals surface area contributed by atoms with Crippen LogP contribution >= 0.6 is 0 Å². The molecule has 1 aromatic rings. The fourth-order valence-corrected chi connectivity index (χ4v) is 23.4. The Morgan fingerprint density at radius 3 is 1.58 bits per heavy atom. The molecule has 7 saturated heterocycles. The molecule has 19 nitrogen and oxygen atoms in total. The van der Waals surface area contributed by atoms with Gasteiger partial charge >= 0.3 is 6.18 Å². The number of carbonyl (C=O) groups is 3. The number of methoxy groups -OCH3 is 1. The lowest BCUT2D eigenvalue weighted by Crippen LogP contribution is -2.63. The number of rotatable bonds is 23. The van der Waals surface area contributed by atoms with E-state index in [1.165, 1.54) is 159 Å². The van der Waals surface area contributed by atoms with E-state index in [-0.39, 0.29) is 52.2 Å². The quantitative estimate of drug-likeness (QED) is 0.0795. The number of fused-ring (bicyclic) bond motifs is 1.